The van der Waals surface area contributed by atoms with Crippen molar-refractivity contribution in [3.8, 4) is 0 Å². The highest BCUT2D eigenvalue weighted by Crippen LogP contribution is 2.25. The smallest absolute Gasteiger partial charge is 0.324 e. The van der Waals surface area contributed by atoms with E-state index >= 15 is 0 Å². The lowest BCUT2D eigenvalue weighted by atomic mass is 10.0. The molecule has 0 aliphatic carbocycles. The fraction of sp³-hybridized carbons (Fsp3) is 0.647. The number of thiophene rings is 1. The third kappa shape index (κ3) is 4.21. The maximum atomic E-state index is 12.5. The molecule has 2 fully saturated rings. The molecule has 1 atom stereocenters. The van der Waals surface area contributed by atoms with Crippen LogP contribution in [0, 0.1) is 10.1 Å². The van der Waals surface area contributed by atoms with E-state index in [2.05, 4.69) is 11.8 Å². The largest absolute Gasteiger partial charge is 0.339 e. The highest BCUT2D eigenvalue weighted by atomic mass is 32.1. The molecular formula is C17H24N4O4S. The molecule has 2 amide bonds. The Kier molecular flexibility index (Phi) is 5.87. The predicted octanol–water partition coefficient (Wildman–Crippen LogP) is 1.82. The number of piperazine rings is 1. The predicted molar refractivity (Wildman–Crippen MR) is 98.3 cm³/mol. The van der Waals surface area contributed by atoms with Gasteiger partial charge in [0.05, 0.1) is 16.3 Å². The third-order valence-corrected chi connectivity index (χ3v) is 6.15. The van der Waals surface area contributed by atoms with Crippen molar-refractivity contribution in [1.82, 2.24) is 14.7 Å². The first-order chi connectivity index (χ1) is 12.5. The van der Waals surface area contributed by atoms with Crippen LogP contribution < -0.4 is 0 Å². The van der Waals surface area contributed by atoms with E-state index in [4.69, 9.17) is 0 Å². The minimum Gasteiger partial charge on any atom is -0.339 e. The van der Waals surface area contributed by atoms with Crippen LogP contribution >= 0.6 is 11.3 Å². The molecule has 0 spiro atoms. The SMILES string of the molecule is CC1CCCCN1C(=O)CN1CCN(C(=O)c2ccc([N+](=O)[O-])s2)CC1. The van der Waals surface area contributed by atoms with Crippen LogP contribution in [-0.4, -0.2) is 76.7 Å². The van der Waals surface area contributed by atoms with Gasteiger partial charge < -0.3 is 9.80 Å². The van der Waals surface area contributed by atoms with E-state index < -0.39 is 4.92 Å². The molecule has 2 aliphatic rings. The number of hydrogen-bond acceptors (Lipinski definition) is 6. The van der Waals surface area contributed by atoms with Gasteiger partial charge >= 0.3 is 5.00 Å². The minimum absolute atomic E-state index is 0.0202. The maximum Gasteiger partial charge on any atom is 0.324 e. The first-order valence-corrected chi connectivity index (χ1v) is 9.82. The summed E-state index contributed by atoms with van der Waals surface area (Å²) in [5.74, 6) is 0.00425. The summed E-state index contributed by atoms with van der Waals surface area (Å²) < 4.78 is 0. The molecule has 9 heteroatoms. The Morgan fingerprint density at radius 3 is 2.54 bits per heavy atom. The van der Waals surface area contributed by atoms with Crippen molar-refractivity contribution in [1.29, 1.82) is 0 Å². The monoisotopic (exact) mass is 380 g/mol. The van der Waals surface area contributed by atoms with Crippen LogP contribution in [0.1, 0.15) is 35.9 Å². The van der Waals surface area contributed by atoms with Crippen LogP contribution in [0.5, 0.6) is 0 Å². The van der Waals surface area contributed by atoms with Crippen molar-refractivity contribution in [3.05, 3.63) is 27.1 Å². The molecule has 0 bridgehead atoms. The van der Waals surface area contributed by atoms with Gasteiger partial charge in [0.15, 0.2) is 0 Å². The van der Waals surface area contributed by atoms with Gasteiger partial charge in [0.25, 0.3) is 5.91 Å². The normalized spacial score (nSPS) is 21.7. The Hall–Kier alpha value is -2.00. The summed E-state index contributed by atoms with van der Waals surface area (Å²) in [6.45, 7) is 5.71. The molecule has 3 heterocycles. The number of nitro groups is 1. The van der Waals surface area contributed by atoms with Gasteiger partial charge in [0.2, 0.25) is 5.91 Å². The van der Waals surface area contributed by atoms with Gasteiger partial charge in [-0.15, -0.1) is 0 Å². The number of amides is 2. The lowest BCUT2D eigenvalue weighted by Gasteiger charge is -2.38. The van der Waals surface area contributed by atoms with Gasteiger partial charge in [0.1, 0.15) is 0 Å². The second-order valence-electron chi connectivity index (χ2n) is 6.90. The third-order valence-electron chi connectivity index (χ3n) is 5.12. The van der Waals surface area contributed by atoms with E-state index in [0.29, 0.717) is 43.6 Å². The van der Waals surface area contributed by atoms with E-state index in [9.17, 15) is 19.7 Å². The van der Waals surface area contributed by atoms with E-state index in [-0.39, 0.29) is 16.8 Å². The van der Waals surface area contributed by atoms with Gasteiger partial charge in [-0.1, -0.05) is 11.3 Å². The van der Waals surface area contributed by atoms with Gasteiger partial charge in [0, 0.05) is 44.8 Å². The molecule has 142 valence electrons. The maximum absolute atomic E-state index is 12.5. The van der Waals surface area contributed by atoms with E-state index in [1.54, 1.807) is 4.90 Å². The summed E-state index contributed by atoms with van der Waals surface area (Å²) in [6, 6.07) is 3.19. The van der Waals surface area contributed by atoms with Crippen LogP contribution in [-0.2, 0) is 4.79 Å². The van der Waals surface area contributed by atoms with Crippen molar-refractivity contribution >= 4 is 28.2 Å². The number of likely N-dealkylation sites (tertiary alicyclic amines) is 1. The fourth-order valence-electron chi connectivity index (χ4n) is 3.56. The highest BCUT2D eigenvalue weighted by molar-refractivity contribution is 7.17. The molecule has 0 saturated carbocycles. The minimum atomic E-state index is -0.480. The summed E-state index contributed by atoms with van der Waals surface area (Å²) >= 11 is 0.909. The van der Waals surface area contributed by atoms with Crippen LogP contribution in [0.2, 0.25) is 0 Å². The number of carbonyl (C=O) groups excluding carboxylic acids is 2. The molecule has 8 nitrogen and oxygen atoms in total. The standard InChI is InChI=1S/C17H24N4O4S/c1-13-4-2-3-7-20(13)15(22)12-18-8-10-19(11-9-18)17(23)14-5-6-16(26-14)21(24)25/h5-6,13H,2-4,7-12H2,1H3. The summed E-state index contributed by atoms with van der Waals surface area (Å²) in [7, 11) is 0. The van der Waals surface area contributed by atoms with Crippen molar-refractivity contribution < 1.29 is 14.5 Å². The summed E-state index contributed by atoms with van der Waals surface area (Å²) in [6.07, 6.45) is 3.33. The molecule has 1 aromatic rings. The fourth-order valence-corrected chi connectivity index (χ4v) is 4.34. The van der Waals surface area contributed by atoms with Gasteiger partial charge in [-0.2, -0.15) is 0 Å². The van der Waals surface area contributed by atoms with E-state index in [1.165, 1.54) is 18.6 Å². The average Bonchev–Trinajstić information content (AvgIpc) is 3.12. The zero-order valence-electron chi connectivity index (χ0n) is 14.9. The molecule has 26 heavy (non-hydrogen) atoms. The molecule has 3 rings (SSSR count). The van der Waals surface area contributed by atoms with Crippen molar-refractivity contribution in [2.24, 2.45) is 0 Å². The van der Waals surface area contributed by atoms with Crippen molar-refractivity contribution in [3.63, 3.8) is 0 Å². The topological polar surface area (TPSA) is 87.0 Å². The van der Waals surface area contributed by atoms with Crippen molar-refractivity contribution in [2.75, 3.05) is 39.3 Å². The Balaban J connectivity index is 1.49. The molecule has 2 aliphatic heterocycles. The van der Waals surface area contributed by atoms with E-state index in [0.717, 1.165) is 30.7 Å². The summed E-state index contributed by atoms with van der Waals surface area (Å²) in [5, 5.41) is 10.7. The molecule has 0 radical (unpaired) electrons. The number of rotatable bonds is 4. The molecule has 0 aromatic carbocycles. The second kappa shape index (κ2) is 8.13. The van der Waals surface area contributed by atoms with E-state index in [1.807, 2.05) is 4.90 Å². The molecule has 1 unspecified atom stereocenters. The van der Waals surface area contributed by atoms with Crippen LogP contribution in [0.15, 0.2) is 12.1 Å². The first kappa shape index (κ1) is 18.8. The Bertz CT molecular complexity index is 684. The average molecular weight is 380 g/mol. The molecule has 2 saturated heterocycles. The lowest BCUT2D eigenvalue weighted by Crippen LogP contribution is -2.53. The summed E-state index contributed by atoms with van der Waals surface area (Å²) in [4.78, 5) is 41.4. The molecule has 0 N–H and O–H groups in total. The Morgan fingerprint density at radius 1 is 1.19 bits per heavy atom. The number of nitrogens with zero attached hydrogens (tertiary/aromatic N) is 4. The van der Waals surface area contributed by atoms with Crippen molar-refractivity contribution in [2.45, 2.75) is 32.2 Å². The number of hydrogen-bond donors (Lipinski definition) is 0. The lowest BCUT2D eigenvalue weighted by molar-refractivity contribution is -0.380. The Morgan fingerprint density at radius 2 is 1.92 bits per heavy atom. The number of piperidine rings is 1. The zero-order chi connectivity index (χ0) is 18.7. The molecule has 1 aromatic heterocycles. The van der Waals surface area contributed by atoms with Gasteiger partial charge in [-0.25, -0.2) is 0 Å². The zero-order valence-corrected chi connectivity index (χ0v) is 15.7. The molecular weight excluding hydrogens is 356 g/mol. The van der Waals surface area contributed by atoms with Crippen LogP contribution in [0.25, 0.3) is 0 Å². The summed E-state index contributed by atoms with van der Waals surface area (Å²) in [5.41, 5.74) is 0. The number of carbonyl (C=O) groups is 2. The van der Waals surface area contributed by atoms with Crippen LogP contribution in [0.3, 0.4) is 0 Å². The van der Waals surface area contributed by atoms with Gasteiger partial charge in [-0.3, -0.25) is 24.6 Å². The van der Waals surface area contributed by atoms with Gasteiger partial charge in [-0.05, 0) is 32.3 Å². The first-order valence-electron chi connectivity index (χ1n) is 9.01. The highest BCUT2D eigenvalue weighted by Gasteiger charge is 2.28. The quantitative estimate of drug-likeness (QED) is 0.587. The van der Waals surface area contributed by atoms with Crippen LogP contribution in [0.4, 0.5) is 5.00 Å². The Labute approximate surface area is 156 Å². The second-order valence-corrected chi connectivity index (χ2v) is 7.96.